The van der Waals surface area contributed by atoms with Crippen LogP contribution < -0.4 is 0 Å². The van der Waals surface area contributed by atoms with Crippen molar-refractivity contribution in [3.8, 4) is 6.07 Å². The predicted molar refractivity (Wildman–Crippen MR) is 64.8 cm³/mol. The molecule has 0 N–H and O–H groups in total. The summed E-state index contributed by atoms with van der Waals surface area (Å²) in [5.41, 5.74) is 0.154. The molecule has 2 heterocycles. The van der Waals surface area contributed by atoms with Gasteiger partial charge in [0, 0.05) is 18.1 Å². The van der Waals surface area contributed by atoms with Crippen LogP contribution in [0.4, 0.5) is 4.79 Å². The summed E-state index contributed by atoms with van der Waals surface area (Å²) in [6, 6.07) is 3.24. The van der Waals surface area contributed by atoms with Crippen LogP contribution >= 0.6 is 0 Å². The number of nitrogens with zero attached hydrogens (tertiary/aromatic N) is 2. The summed E-state index contributed by atoms with van der Waals surface area (Å²) < 4.78 is 10.3. The van der Waals surface area contributed by atoms with Crippen molar-refractivity contribution in [1.29, 1.82) is 5.26 Å². The Bertz CT molecular complexity index is 509. The summed E-state index contributed by atoms with van der Waals surface area (Å²) in [4.78, 5) is 17.3. The van der Waals surface area contributed by atoms with Crippen molar-refractivity contribution in [2.24, 2.45) is 0 Å². The number of hydrogen-bond donors (Lipinski definition) is 0. The van der Waals surface area contributed by atoms with Gasteiger partial charge in [-0.3, -0.25) is 4.84 Å². The van der Waals surface area contributed by atoms with Crippen LogP contribution in [-0.2, 0) is 9.57 Å². The summed E-state index contributed by atoms with van der Waals surface area (Å²) in [7, 11) is 0. The van der Waals surface area contributed by atoms with E-state index in [4.69, 9.17) is 19.3 Å². The fourth-order valence-electron chi connectivity index (χ4n) is 1.84. The highest BCUT2D eigenvalue weighted by Crippen LogP contribution is 2.32. The van der Waals surface area contributed by atoms with Crippen molar-refractivity contribution in [2.75, 3.05) is 6.61 Å². The smallest absolute Gasteiger partial charge is 0.435 e. The molecular formula is C13H16N2O4. The Morgan fingerprint density at radius 2 is 2.32 bits per heavy atom. The van der Waals surface area contributed by atoms with Crippen molar-refractivity contribution in [3.63, 3.8) is 0 Å². The number of hydrogen-bond acceptors (Lipinski definition) is 5. The highest BCUT2D eigenvalue weighted by molar-refractivity contribution is 5.67. The monoisotopic (exact) mass is 264 g/mol. The van der Waals surface area contributed by atoms with E-state index in [1.54, 1.807) is 26.8 Å². The molecule has 102 valence electrons. The van der Waals surface area contributed by atoms with E-state index in [1.165, 1.54) is 11.3 Å². The van der Waals surface area contributed by atoms with Crippen LogP contribution in [0, 0.1) is 11.3 Å². The molecule has 0 bridgehead atoms. The molecule has 0 aromatic carbocycles. The van der Waals surface area contributed by atoms with Gasteiger partial charge in [-0.05, 0) is 20.8 Å². The van der Waals surface area contributed by atoms with Gasteiger partial charge in [-0.15, -0.1) is 0 Å². The standard InChI is InChI=1S/C13H16N2O4/c1-13(2,3)19-12(16)15-11(4-5-18-15)9-6-10(7-14)17-8-9/h6,8,11H,4-5H2,1-3H3/t11-/m0/s1. The first-order chi connectivity index (χ1) is 8.90. The second-order valence-electron chi connectivity index (χ2n) is 5.30. The van der Waals surface area contributed by atoms with Crippen LogP contribution in [0.3, 0.4) is 0 Å². The first-order valence-electron chi connectivity index (χ1n) is 6.04. The molecule has 0 radical (unpaired) electrons. The average molecular weight is 264 g/mol. The fourth-order valence-corrected chi connectivity index (χ4v) is 1.84. The molecule has 19 heavy (non-hydrogen) atoms. The van der Waals surface area contributed by atoms with E-state index in [0.29, 0.717) is 13.0 Å². The first kappa shape index (κ1) is 13.4. The molecule has 6 heteroatoms. The molecule has 0 saturated carbocycles. The van der Waals surface area contributed by atoms with E-state index in [0.717, 1.165) is 5.56 Å². The first-order valence-corrected chi connectivity index (χ1v) is 6.04. The third-order valence-corrected chi connectivity index (χ3v) is 2.59. The topological polar surface area (TPSA) is 75.7 Å². The zero-order valence-corrected chi connectivity index (χ0v) is 11.2. The maximum absolute atomic E-state index is 12.0. The Morgan fingerprint density at radius 1 is 1.58 bits per heavy atom. The lowest BCUT2D eigenvalue weighted by atomic mass is 10.1. The number of nitriles is 1. The van der Waals surface area contributed by atoms with Gasteiger partial charge in [0.15, 0.2) is 0 Å². The van der Waals surface area contributed by atoms with Gasteiger partial charge < -0.3 is 9.15 Å². The van der Waals surface area contributed by atoms with E-state index in [2.05, 4.69) is 0 Å². The molecular weight excluding hydrogens is 248 g/mol. The zero-order chi connectivity index (χ0) is 14.0. The Hall–Kier alpha value is -2.00. The van der Waals surface area contributed by atoms with Gasteiger partial charge in [-0.1, -0.05) is 0 Å². The molecule has 2 rings (SSSR count). The van der Waals surface area contributed by atoms with Gasteiger partial charge in [0.2, 0.25) is 5.76 Å². The van der Waals surface area contributed by atoms with Crippen LogP contribution in [0.1, 0.15) is 44.6 Å². The number of carbonyl (C=O) groups is 1. The normalized spacial score (nSPS) is 19.3. The van der Waals surface area contributed by atoms with Crippen LogP contribution in [0.2, 0.25) is 0 Å². The van der Waals surface area contributed by atoms with Crippen molar-refractivity contribution < 1.29 is 18.8 Å². The number of furan rings is 1. The SMILES string of the molecule is CC(C)(C)OC(=O)N1OCC[C@H]1c1coc(C#N)c1. The zero-order valence-electron chi connectivity index (χ0n) is 11.2. The van der Waals surface area contributed by atoms with Crippen LogP contribution in [0.5, 0.6) is 0 Å². The maximum Gasteiger partial charge on any atom is 0.435 e. The van der Waals surface area contributed by atoms with E-state index in [9.17, 15) is 4.79 Å². The minimum atomic E-state index is -0.582. The molecule has 1 aromatic rings. The number of hydroxylamine groups is 2. The third-order valence-electron chi connectivity index (χ3n) is 2.59. The summed E-state index contributed by atoms with van der Waals surface area (Å²) in [5, 5.41) is 9.95. The predicted octanol–water partition coefficient (Wildman–Crippen LogP) is 2.76. The molecule has 1 saturated heterocycles. The van der Waals surface area contributed by atoms with Crippen LogP contribution in [0.25, 0.3) is 0 Å². The lowest BCUT2D eigenvalue weighted by Crippen LogP contribution is -2.35. The Labute approximate surface area is 111 Å². The minimum Gasteiger partial charge on any atom is -0.453 e. The largest absolute Gasteiger partial charge is 0.453 e. The Kier molecular flexibility index (Phi) is 3.49. The molecule has 1 aliphatic heterocycles. The van der Waals surface area contributed by atoms with Gasteiger partial charge in [0.1, 0.15) is 11.7 Å². The molecule has 0 spiro atoms. The van der Waals surface area contributed by atoms with Gasteiger partial charge >= 0.3 is 6.09 Å². The van der Waals surface area contributed by atoms with Crippen LogP contribution in [-0.4, -0.2) is 23.4 Å². The Morgan fingerprint density at radius 3 is 2.89 bits per heavy atom. The van der Waals surface area contributed by atoms with Crippen LogP contribution in [0.15, 0.2) is 16.7 Å². The van der Waals surface area contributed by atoms with E-state index in [-0.39, 0.29) is 11.8 Å². The molecule has 1 amide bonds. The minimum absolute atomic E-state index is 0.214. The lowest BCUT2D eigenvalue weighted by molar-refractivity contribution is -0.125. The molecule has 0 unspecified atom stereocenters. The van der Waals surface area contributed by atoms with E-state index < -0.39 is 11.7 Å². The maximum atomic E-state index is 12.0. The highest BCUT2D eigenvalue weighted by Gasteiger charge is 2.35. The second-order valence-corrected chi connectivity index (χ2v) is 5.30. The summed E-state index contributed by atoms with van der Waals surface area (Å²) in [5.74, 6) is 0.214. The quantitative estimate of drug-likeness (QED) is 0.779. The van der Waals surface area contributed by atoms with Gasteiger partial charge in [0.25, 0.3) is 0 Å². The molecule has 0 aliphatic carbocycles. The van der Waals surface area contributed by atoms with Gasteiger partial charge in [0.05, 0.1) is 18.9 Å². The lowest BCUT2D eigenvalue weighted by Gasteiger charge is -2.26. The number of ether oxygens (including phenoxy) is 1. The fraction of sp³-hybridized carbons (Fsp3) is 0.538. The van der Waals surface area contributed by atoms with E-state index in [1.807, 2.05) is 6.07 Å². The summed E-state index contributed by atoms with van der Waals surface area (Å²) >= 11 is 0. The molecule has 1 aliphatic rings. The van der Waals surface area contributed by atoms with Crippen molar-refractivity contribution in [3.05, 3.63) is 23.7 Å². The number of rotatable bonds is 1. The molecule has 1 fully saturated rings. The second kappa shape index (κ2) is 4.94. The Balaban J connectivity index is 2.13. The molecule has 1 aromatic heterocycles. The van der Waals surface area contributed by atoms with Crippen molar-refractivity contribution >= 4 is 6.09 Å². The number of carbonyl (C=O) groups excluding carboxylic acids is 1. The number of amides is 1. The molecule has 1 atom stereocenters. The van der Waals surface area contributed by atoms with Gasteiger partial charge in [-0.2, -0.15) is 10.3 Å². The van der Waals surface area contributed by atoms with E-state index >= 15 is 0 Å². The van der Waals surface area contributed by atoms with Crippen molar-refractivity contribution in [2.45, 2.75) is 38.8 Å². The third kappa shape index (κ3) is 3.06. The summed E-state index contributed by atoms with van der Waals surface area (Å²) in [6.45, 7) is 5.81. The average Bonchev–Trinajstić information content (AvgIpc) is 2.95. The highest BCUT2D eigenvalue weighted by atomic mass is 16.7. The van der Waals surface area contributed by atoms with Crippen molar-refractivity contribution in [1.82, 2.24) is 5.06 Å². The molecule has 6 nitrogen and oxygen atoms in total. The van der Waals surface area contributed by atoms with Gasteiger partial charge in [-0.25, -0.2) is 4.79 Å². The summed E-state index contributed by atoms with van der Waals surface area (Å²) in [6.07, 6.45) is 1.58.